The molecule has 0 radical (unpaired) electrons. The number of amides is 2. The smallest absolute Gasteiger partial charge is 0.338 e. The molecule has 0 unspecified atom stereocenters. The van der Waals surface area contributed by atoms with E-state index in [1.165, 1.54) is 59.0 Å². The van der Waals surface area contributed by atoms with Crippen molar-refractivity contribution in [1.82, 2.24) is 0 Å². The van der Waals surface area contributed by atoms with E-state index in [-0.39, 0.29) is 52.7 Å². The minimum Gasteiger partial charge on any atom is -0.457 e. The number of hydrogen-bond donors (Lipinski definition) is 0. The Labute approximate surface area is 263 Å². The van der Waals surface area contributed by atoms with Gasteiger partial charge in [-0.2, -0.15) is 0 Å². The number of nitro groups is 1. The third kappa shape index (κ3) is 5.21. The Morgan fingerprint density at radius 3 is 2.02 bits per heavy atom. The Hall–Kier alpha value is -5.64. The summed E-state index contributed by atoms with van der Waals surface area (Å²) in [5.74, 6) is -0.667. The topological polar surface area (TPSA) is 133 Å². The number of nitrogens with zero attached hydrogens (tertiary/aromatic N) is 2. The number of benzene rings is 4. The third-order valence-corrected chi connectivity index (χ3v) is 9.40. The van der Waals surface area contributed by atoms with Gasteiger partial charge in [-0.25, -0.2) is 4.79 Å². The number of fused-ring (bicyclic) bond motifs is 5. The summed E-state index contributed by atoms with van der Waals surface area (Å²) in [6, 6.07) is 28.1. The summed E-state index contributed by atoms with van der Waals surface area (Å²) in [6.07, 6.45) is 1.80. The zero-order valence-corrected chi connectivity index (χ0v) is 24.5. The van der Waals surface area contributed by atoms with Gasteiger partial charge in [0.1, 0.15) is 11.5 Å². The van der Waals surface area contributed by atoms with Crippen molar-refractivity contribution in [3.63, 3.8) is 0 Å². The first kappa shape index (κ1) is 29.1. The van der Waals surface area contributed by atoms with Crippen LogP contribution in [-0.4, -0.2) is 35.1 Å². The van der Waals surface area contributed by atoms with Crippen LogP contribution in [0, 0.1) is 33.8 Å². The van der Waals surface area contributed by atoms with Gasteiger partial charge in [0, 0.05) is 17.7 Å². The van der Waals surface area contributed by atoms with Gasteiger partial charge in [-0.15, -0.1) is 0 Å². The molecule has 2 saturated carbocycles. The lowest BCUT2D eigenvalue weighted by Crippen LogP contribution is -2.33. The van der Waals surface area contributed by atoms with Crippen molar-refractivity contribution in [2.75, 3.05) is 11.5 Å². The van der Waals surface area contributed by atoms with Gasteiger partial charge >= 0.3 is 5.97 Å². The van der Waals surface area contributed by atoms with Gasteiger partial charge in [0.25, 0.3) is 5.69 Å². The summed E-state index contributed by atoms with van der Waals surface area (Å²) in [6.45, 7) is -0.485. The molecule has 2 bridgehead atoms. The van der Waals surface area contributed by atoms with Crippen molar-refractivity contribution < 1.29 is 33.6 Å². The van der Waals surface area contributed by atoms with Gasteiger partial charge in [-0.1, -0.05) is 30.3 Å². The molecule has 10 heteroatoms. The highest BCUT2D eigenvalue weighted by Crippen LogP contribution is 2.61. The molecule has 1 saturated heterocycles. The van der Waals surface area contributed by atoms with E-state index in [0.29, 0.717) is 22.7 Å². The summed E-state index contributed by atoms with van der Waals surface area (Å²) < 4.78 is 10.9. The third-order valence-electron chi connectivity index (χ3n) is 9.40. The standard InChI is InChI=1S/C36H28N2O8/c39-31(22-8-14-27(15-9-22)46-28-16-12-26(13-17-28)38(43)44)20-45-36(42)23-6-10-25(11-7-23)37-34(40)32-24-18-29(21-4-2-1-3-5-21)30(19-24)33(32)35(37)41/h1-17,24,29-30,32-33H,18-20H2/t24-,29+,30-,32+,33+/m0/s1. The fourth-order valence-corrected chi connectivity index (χ4v) is 7.32. The van der Waals surface area contributed by atoms with Gasteiger partial charge in [-0.3, -0.25) is 29.4 Å². The number of ether oxygens (including phenoxy) is 2. The molecule has 46 heavy (non-hydrogen) atoms. The van der Waals surface area contributed by atoms with E-state index in [2.05, 4.69) is 12.1 Å². The Balaban J connectivity index is 0.947. The number of anilines is 1. The Morgan fingerprint density at radius 1 is 0.761 bits per heavy atom. The van der Waals surface area contributed by atoms with Gasteiger partial charge in [-0.05, 0) is 96.8 Å². The van der Waals surface area contributed by atoms with E-state index in [4.69, 9.17) is 9.47 Å². The van der Waals surface area contributed by atoms with Crippen molar-refractivity contribution >= 4 is 34.9 Å². The number of Topliss-reactive ketones (excluding diaryl/α,β-unsaturated/α-hetero) is 1. The molecule has 4 aromatic rings. The highest BCUT2D eigenvalue weighted by molar-refractivity contribution is 6.22. The summed E-state index contributed by atoms with van der Waals surface area (Å²) in [7, 11) is 0. The molecule has 0 aromatic heterocycles. The van der Waals surface area contributed by atoms with Gasteiger partial charge in [0.15, 0.2) is 12.4 Å². The van der Waals surface area contributed by atoms with Crippen LogP contribution in [0.3, 0.4) is 0 Å². The molecule has 1 heterocycles. The minimum absolute atomic E-state index is 0.0540. The van der Waals surface area contributed by atoms with Crippen molar-refractivity contribution in [2.45, 2.75) is 18.8 Å². The van der Waals surface area contributed by atoms with Crippen LogP contribution in [0.2, 0.25) is 0 Å². The van der Waals surface area contributed by atoms with Crippen LogP contribution in [0.15, 0.2) is 103 Å². The molecule has 5 atom stereocenters. The molecule has 0 spiro atoms. The second-order valence-corrected chi connectivity index (χ2v) is 11.9. The number of rotatable bonds is 9. The van der Waals surface area contributed by atoms with E-state index in [1.807, 2.05) is 18.2 Å². The quantitative estimate of drug-likeness (QED) is 0.0698. The molecule has 10 nitrogen and oxygen atoms in total. The van der Waals surface area contributed by atoms with E-state index in [1.54, 1.807) is 24.3 Å². The predicted molar refractivity (Wildman–Crippen MR) is 166 cm³/mol. The normalized spacial score (nSPS) is 22.9. The van der Waals surface area contributed by atoms with Gasteiger partial charge in [0.05, 0.1) is 28.0 Å². The highest BCUT2D eigenvalue weighted by atomic mass is 16.6. The summed E-state index contributed by atoms with van der Waals surface area (Å²) in [5.41, 5.74) is 2.08. The van der Waals surface area contributed by atoms with Crippen LogP contribution >= 0.6 is 0 Å². The van der Waals surface area contributed by atoms with Crippen molar-refractivity contribution in [2.24, 2.45) is 23.7 Å². The number of hydrogen-bond acceptors (Lipinski definition) is 8. The maximum absolute atomic E-state index is 13.6. The van der Waals surface area contributed by atoms with E-state index in [0.717, 1.165) is 12.8 Å². The van der Waals surface area contributed by atoms with E-state index >= 15 is 0 Å². The molecule has 0 N–H and O–H groups in total. The monoisotopic (exact) mass is 616 g/mol. The zero-order valence-electron chi connectivity index (χ0n) is 24.5. The Morgan fingerprint density at radius 2 is 1.37 bits per heavy atom. The first-order chi connectivity index (χ1) is 22.3. The molecule has 3 fully saturated rings. The number of esters is 1. The van der Waals surface area contributed by atoms with Crippen LogP contribution < -0.4 is 9.64 Å². The van der Waals surface area contributed by atoms with Crippen LogP contribution in [0.1, 0.15) is 45.0 Å². The van der Waals surface area contributed by atoms with E-state index < -0.39 is 23.3 Å². The molecular formula is C36H28N2O8. The van der Waals surface area contributed by atoms with E-state index in [9.17, 15) is 29.3 Å². The summed E-state index contributed by atoms with van der Waals surface area (Å²) in [5, 5.41) is 10.8. The molecule has 2 amide bonds. The molecular weight excluding hydrogens is 588 g/mol. The summed E-state index contributed by atoms with van der Waals surface area (Å²) in [4.78, 5) is 64.0. The molecule has 7 rings (SSSR count). The van der Waals surface area contributed by atoms with Gasteiger partial charge < -0.3 is 9.47 Å². The fraction of sp³-hybridized carbons (Fsp3) is 0.222. The van der Waals surface area contributed by atoms with Gasteiger partial charge in [0.2, 0.25) is 11.8 Å². The van der Waals surface area contributed by atoms with Crippen molar-refractivity contribution in [3.8, 4) is 11.5 Å². The average molecular weight is 617 g/mol. The Kier molecular flexibility index (Phi) is 7.40. The van der Waals surface area contributed by atoms with Crippen LogP contribution in [0.25, 0.3) is 0 Å². The lowest BCUT2D eigenvalue weighted by molar-refractivity contribution is -0.384. The SMILES string of the molecule is O=C(COC(=O)c1ccc(N2C(=O)[C@@H]3[C@@H]4C[C@H]([C@H]3C2=O)[C@@H](c2ccccc2)C4)cc1)c1ccc(Oc2ccc([N+](=O)[O-])cc2)cc1. The maximum atomic E-state index is 13.6. The minimum atomic E-state index is -0.710. The number of imide groups is 1. The first-order valence-corrected chi connectivity index (χ1v) is 15.0. The number of ketones is 1. The number of carbonyl (C=O) groups excluding carboxylic acids is 4. The first-order valence-electron chi connectivity index (χ1n) is 15.0. The average Bonchev–Trinajstić information content (AvgIpc) is 3.75. The predicted octanol–water partition coefficient (Wildman–Crippen LogP) is 6.36. The van der Waals surface area contributed by atoms with Crippen molar-refractivity contribution in [1.29, 1.82) is 0 Å². The van der Waals surface area contributed by atoms with Crippen LogP contribution in [0.4, 0.5) is 11.4 Å². The van der Waals surface area contributed by atoms with Crippen LogP contribution in [-0.2, 0) is 14.3 Å². The number of non-ortho nitro benzene ring substituents is 1. The zero-order chi connectivity index (χ0) is 31.9. The summed E-state index contributed by atoms with van der Waals surface area (Å²) >= 11 is 0. The second kappa shape index (κ2) is 11.7. The fourth-order valence-electron chi connectivity index (χ4n) is 7.32. The number of nitro benzene ring substituents is 1. The molecule has 4 aromatic carbocycles. The molecule has 230 valence electrons. The largest absolute Gasteiger partial charge is 0.457 e. The highest BCUT2D eigenvalue weighted by Gasteiger charge is 2.64. The molecule has 1 aliphatic heterocycles. The maximum Gasteiger partial charge on any atom is 0.338 e. The lowest BCUT2D eigenvalue weighted by Gasteiger charge is -2.28. The van der Waals surface area contributed by atoms with Crippen LogP contribution in [0.5, 0.6) is 11.5 Å². The lowest BCUT2D eigenvalue weighted by atomic mass is 9.73. The molecule has 3 aliphatic rings. The Bertz CT molecular complexity index is 1840. The van der Waals surface area contributed by atoms with Crippen molar-refractivity contribution in [3.05, 3.63) is 130 Å². The second-order valence-electron chi connectivity index (χ2n) is 11.9. The number of carbonyl (C=O) groups is 4. The molecule has 2 aliphatic carbocycles.